The topological polar surface area (TPSA) is 121 Å². The van der Waals surface area contributed by atoms with Gasteiger partial charge in [0.05, 0.1) is 30.4 Å². The van der Waals surface area contributed by atoms with Crippen LogP contribution in [-0.4, -0.2) is 72.7 Å². The van der Waals surface area contributed by atoms with Crippen molar-refractivity contribution in [3.63, 3.8) is 0 Å². The lowest BCUT2D eigenvalue weighted by Gasteiger charge is -2.47. The third kappa shape index (κ3) is 4.47. The van der Waals surface area contributed by atoms with Gasteiger partial charge in [0, 0.05) is 44.0 Å². The highest BCUT2D eigenvalue weighted by Crippen LogP contribution is 2.47. The van der Waals surface area contributed by atoms with Crippen LogP contribution >= 0.6 is 11.6 Å². The standard InChI is InChI=1S/C25H36ClN7O/c26-21-2-1-17(9-19(21)11-28)22-30-12-20(23(31-22)32-7-3-16(10-27)13-32)18-4-8-33(14-18)24(34)25(15-29)5-6-25/h4,16-17,19-23,30-31H,1-3,5-10,12-14,27H2. The zero-order valence-corrected chi connectivity index (χ0v) is 20.5. The molecule has 5 rings (SSSR count). The number of nitriles is 2. The Bertz CT molecular complexity index is 906. The fourth-order valence-corrected chi connectivity index (χ4v) is 6.72. The normalized spacial score (nSPS) is 39.8. The summed E-state index contributed by atoms with van der Waals surface area (Å²) in [6.07, 6.45) is 7.72. The van der Waals surface area contributed by atoms with Crippen molar-refractivity contribution in [2.45, 2.75) is 56.2 Å². The number of hydrogen-bond donors (Lipinski definition) is 3. The Balaban J connectivity index is 1.29. The van der Waals surface area contributed by atoms with Crippen LogP contribution in [0.3, 0.4) is 0 Å². The molecular formula is C25H36ClN7O. The van der Waals surface area contributed by atoms with Crippen LogP contribution in [0.4, 0.5) is 0 Å². The van der Waals surface area contributed by atoms with E-state index in [9.17, 15) is 15.3 Å². The van der Waals surface area contributed by atoms with Crippen molar-refractivity contribution in [3.05, 3.63) is 11.6 Å². The Labute approximate surface area is 207 Å². The largest absolute Gasteiger partial charge is 0.334 e. The summed E-state index contributed by atoms with van der Waals surface area (Å²) in [5, 5.41) is 26.6. The van der Waals surface area contributed by atoms with E-state index in [1.54, 1.807) is 0 Å². The molecule has 4 fully saturated rings. The van der Waals surface area contributed by atoms with Gasteiger partial charge in [-0.25, -0.2) is 0 Å². The van der Waals surface area contributed by atoms with Gasteiger partial charge in [0.15, 0.2) is 0 Å². The molecule has 2 saturated carbocycles. The summed E-state index contributed by atoms with van der Waals surface area (Å²) >= 11 is 6.40. The number of carbonyl (C=O) groups excluding carboxylic acids is 1. The average Bonchev–Trinajstić information content (AvgIpc) is 3.28. The third-order valence-corrected chi connectivity index (χ3v) is 9.38. The number of nitrogens with two attached hydrogens (primary N) is 1. The highest BCUT2D eigenvalue weighted by atomic mass is 35.5. The highest BCUT2D eigenvalue weighted by molar-refractivity contribution is 6.21. The molecule has 0 aromatic rings. The van der Waals surface area contributed by atoms with E-state index in [0.29, 0.717) is 44.3 Å². The lowest BCUT2D eigenvalue weighted by Crippen LogP contribution is -2.66. The smallest absolute Gasteiger partial charge is 0.243 e. The molecule has 34 heavy (non-hydrogen) atoms. The van der Waals surface area contributed by atoms with Gasteiger partial charge in [-0.2, -0.15) is 10.5 Å². The fraction of sp³-hybridized carbons (Fsp3) is 0.800. The molecule has 7 atom stereocenters. The Morgan fingerprint density at radius 1 is 1.29 bits per heavy atom. The number of rotatable bonds is 5. The van der Waals surface area contributed by atoms with Crippen LogP contribution in [-0.2, 0) is 4.79 Å². The Morgan fingerprint density at radius 3 is 2.79 bits per heavy atom. The van der Waals surface area contributed by atoms with Gasteiger partial charge in [-0.1, -0.05) is 6.08 Å². The lowest BCUT2D eigenvalue weighted by atomic mass is 9.79. The number of hydrogen-bond acceptors (Lipinski definition) is 7. The first-order chi connectivity index (χ1) is 16.5. The van der Waals surface area contributed by atoms with E-state index in [1.165, 1.54) is 5.57 Å². The summed E-state index contributed by atoms with van der Waals surface area (Å²) in [7, 11) is 0. The van der Waals surface area contributed by atoms with Crippen LogP contribution in [0.1, 0.15) is 38.5 Å². The van der Waals surface area contributed by atoms with Crippen LogP contribution < -0.4 is 16.4 Å². The number of nitrogens with zero attached hydrogens (tertiary/aromatic N) is 4. The Hall–Kier alpha value is -1.68. The minimum Gasteiger partial charge on any atom is -0.334 e. The van der Waals surface area contributed by atoms with Crippen LogP contribution in [0.2, 0.25) is 0 Å². The van der Waals surface area contributed by atoms with E-state index in [0.717, 1.165) is 45.3 Å². The van der Waals surface area contributed by atoms with Crippen LogP contribution in [0.25, 0.3) is 0 Å². The quantitative estimate of drug-likeness (QED) is 0.397. The molecule has 184 valence electrons. The minimum absolute atomic E-state index is 0.00264. The number of likely N-dealkylation sites (tertiary alicyclic amines) is 1. The molecule has 7 unspecified atom stereocenters. The SMILES string of the molecule is N#CC1CC(C2NCC(C3=CCN(C(=O)C4(C#N)CC4)C3)C(N3CCC(CN)C3)N2)CCC1Cl. The molecule has 3 aliphatic heterocycles. The van der Waals surface area contributed by atoms with E-state index in [4.69, 9.17) is 17.3 Å². The van der Waals surface area contributed by atoms with Gasteiger partial charge in [0.1, 0.15) is 5.41 Å². The summed E-state index contributed by atoms with van der Waals surface area (Å²) in [6, 6.07) is 4.66. The van der Waals surface area contributed by atoms with E-state index in [2.05, 4.69) is 33.7 Å². The molecule has 0 bridgehead atoms. The number of nitrogens with one attached hydrogen (secondary N) is 2. The molecule has 0 aromatic carbocycles. The Kier molecular flexibility index (Phi) is 6.90. The lowest BCUT2D eigenvalue weighted by molar-refractivity contribution is -0.133. The molecule has 4 N–H and O–H groups in total. The van der Waals surface area contributed by atoms with Crippen molar-refractivity contribution < 1.29 is 4.79 Å². The molecule has 8 nitrogen and oxygen atoms in total. The van der Waals surface area contributed by atoms with Crippen LogP contribution in [0.5, 0.6) is 0 Å². The van der Waals surface area contributed by atoms with Gasteiger partial charge in [0.25, 0.3) is 0 Å². The highest BCUT2D eigenvalue weighted by Gasteiger charge is 2.53. The second kappa shape index (κ2) is 9.76. The monoisotopic (exact) mass is 485 g/mol. The predicted octanol–water partition coefficient (Wildman–Crippen LogP) is 1.35. The summed E-state index contributed by atoms with van der Waals surface area (Å²) in [5.41, 5.74) is 6.51. The molecule has 0 radical (unpaired) electrons. The number of alkyl halides is 1. The number of halogens is 1. The zero-order valence-electron chi connectivity index (χ0n) is 19.8. The van der Waals surface area contributed by atoms with Gasteiger partial charge in [-0.15, -0.1) is 11.6 Å². The zero-order chi connectivity index (χ0) is 23.9. The maximum Gasteiger partial charge on any atom is 0.243 e. The van der Waals surface area contributed by atoms with Gasteiger partial charge < -0.3 is 16.0 Å². The first kappa shape index (κ1) is 24.0. The second-order valence-electron chi connectivity index (χ2n) is 11.0. The van der Waals surface area contributed by atoms with Crippen molar-refractivity contribution in [1.82, 2.24) is 20.4 Å². The van der Waals surface area contributed by atoms with Crippen molar-refractivity contribution in [2.24, 2.45) is 34.8 Å². The van der Waals surface area contributed by atoms with Crippen molar-refractivity contribution >= 4 is 17.5 Å². The molecule has 5 aliphatic rings. The molecule has 0 aromatic heterocycles. The minimum atomic E-state index is -0.765. The van der Waals surface area contributed by atoms with Crippen molar-refractivity contribution in [3.8, 4) is 12.1 Å². The number of carbonyl (C=O) groups is 1. The molecule has 9 heteroatoms. The van der Waals surface area contributed by atoms with Gasteiger partial charge >= 0.3 is 0 Å². The molecule has 2 aliphatic carbocycles. The summed E-state index contributed by atoms with van der Waals surface area (Å²) in [6.45, 7) is 4.76. The number of amides is 1. The Morgan fingerprint density at radius 2 is 2.12 bits per heavy atom. The first-order valence-electron chi connectivity index (χ1n) is 12.8. The summed E-state index contributed by atoms with van der Waals surface area (Å²) in [4.78, 5) is 17.3. The van der Waals surface area contributed by atoms with Crippen molar-refractivity contribution in [1.29, 1.82) is 10.5 Å². The molecule has 0 spiro atoms. The van der Waals surface area contributed by atoms with Crippen LogP contribution in [0.15, 0.2) is 11.6 Å². The summed E-state index contributed by atoms with van der Waals surface area (Å²) < 4.78 is 0. The van der Waals surface area contributed by atoms with Gasteiger partial charge in [-0.3, -0.25) is 15.0 Å². The van der Waals surface area contributed by atoms with E-state index in [-0.39, 0.29) is 35.5 Å². The second-order valence-corrected chi connectivity index (χ2v) is 11.5. The van der Waals surface area contributed by atoms with Gasteiger partial charge in [-0.05, 0) is 62.5 Å². The maximum absolute atomic E-state index is 12.9. The first-order valence-corrected chi connectivity index (χ1v) is 13.3. The maximum atomic E-state index is 12.9. The molecule has 1 amide bonds. The van der Waals surface area contributed by atoms with Gasteiger partial charge in [0.2, 0.25) is 5.91 Å². The van der Waals surface area contributed by atoms with Crippen LogP contribution in [0, 0.1) is 51.7 Å². The predicted molar refractivity (Wildman–Crippen MR) is 129 cm³/mol. The average molecular weight is 486 g/mol. The summed E-state index contributed by atoms with van der Waals surface area (Å²) in [5.74, 6) is 1.04. The molecular weight excluding hydrogens is 450 g/mol. The molecule has 3 heterocycles. The third-order valence-electron chi connectivity index (χ3n) is 8.86. The van der Waals surface area contributed by atoms with Crippen molar-refractivity contribution in [2.75, 3.05) is 39.3 Å². The van der Waals surface area contributed by atoms with E-state index < -0.39 is 5.41 Å². The fourth-order valence-electron chi connectivity index (χ4n) is 6.43. The van der Waals surface area contributed by atoms with E-state index in [1.807, 2.05) is 4.90 Å². The van der Waals surface area contributed by atoms with E-state index >= 15 is 0 Å². The molecule has 2 saturated heterocycles.